The maximum absolute atomic E-state index is 13.1. The highest BCUT2D eigenvalue weighted by Gasteiger charge is 2.38. The molecule has 9 heteroatoms. The molecule has 2 N–H and O–H groups in total. The molecule has 0 spiro atoms. The minimum Gasteiger partial charge on any atom is -0.494 e. The van der Waals surface area contributed by atoms with Gasteiger partial charge < -0.3 is 19.9 Å². The molecule has 1 aliphatic rings. The van der Waals surface area contributed by atoms with Crippen LogP contribution in [0.3, 0.4) is 0 Å². The quantitative estimate of drug-likeness (QED) is 0.829. The van der Waals surface area contributed by atoms with Crippen LogP contribution in [0.15, 0.2) is 18.2 Å². The predicted octanol–water partition coefficient (Wildman–Crippen LogP) is 1.96. The molecule has 124 valence electrons. The van der Waals surface area contributed by atoms with Crippen LogP contribution in [0.1, 0.15) is 5.56 Å². The fourth-order valence-corrected chi connectivity index (χ4v) is 1.39. The van der Waals surface area contributed by atoms with E-state index in [9.17, 15) is 17.6 Å². The zero-order valence-corrected chi connectivity index (χ0v) is 11.6. The fraction of sp³-hybridized carbons (Fsp3) is 0.462. The summed E-state index contributed by atoms with van der Waals surface area (Å²) in [6.07, 6.45) is -4.79. The third-order valence-corrected chi connectivity index (χ3v) is 2.69. The number of hydrogen-bond acceptors (Lipinski definition) is 4. The Bertz CT molecular complexity index is 503. The normalized spacial score (nSPS) is 14.6. The molecule has 1 fully saturated rings. The van der Waals surface area contributed by atoms with Gasteiger partial charge in [0.05, 0.1) is 19.8 Å². The van der Waals surface area contributed by atoms with Crippen LogP contribution in [0, 0.1) is 5.82 Å². The van der Waals surface area contributed by atoms with Gasteiger partial charge in [0.2, 0.25) is 0 Å². The number of alkyl halides is 3. The van der Waals surface area contributed by atoms with Crippen molar-refractivity contribution in [2.24, 2.45) is 0 Å². The smallest absolute Gasteiger partial charge is 0.490 e. The van der Waals surface area contributed by atoms with Gasteiger partial charge in [-0.05, 0) is 17.7 Å². The van der Waals surface area contributed by atoms with Crippen LogP contribution in [0.4, 0.5) is 17.6 Å². The summed E-state index contributed by atoms with van der Waals surface area (Å²) in [4.78, 5) is 8.90. The number of halogens is 4. The number of ether oxygens (including phenoxy) is 2. The lowest BCUT2D eigenvalue weighted by Crippen LogP contribution is -2.48. The lowest BCUT2D eigenvalue weighted by molar-refractivity contribution is -0.192. The van der Waals surface area contributed by atoms with E-state index in [1.165, 1.54) is 13.2 Å². The number of nitrogens with one attached hydrogen (secondary N) is 1. The van der Waals surface area contributed by atoms with E-state index < -0.39 is 12.1 Å². The molecule has 0 aromatic heterocycles. The van der Waals surface area contributed by atoms with Crippen molar-refractivity contribution >= 4 is 5.97 Å². The van der Waals surface area contributed by atoms with E-state index in [-0.39, 0.29) is 11.6 Å². The van der Waals surface area contributed by atoms with Crippen molar-refractivity contribution < 1.29 is 36.9 Å². The van der Waals surface area contributed by atoms with Crippen molar-refractivity contribution in [1.29, 1.82) is 0 Å². The molecule has 0 bridgehead atoms. The molecule has 0 atom stereocenters. The second kappa shape index (κ2) is 7.95. The lowest BCUT2D eigenvalue weighted by Gasteiger charge is -2.27. The van der Waals surface area contributed by atoms with Crippen LogP contribution in [-0.4, -0.2) is 43.6 Å². The van der Waals surface area contributed by atoms with Crippen molar-refractivity contribution in [1.82, 2.24) is 5.32 Å². The summed E-state index contributed by atoms with van der Waals surface area (Å²) in [5, 5.41) is 10.2. The van der Waals surface area contributed by atoms with Gasteiger partial charge in [-0.3, -0.25) is 0 Å². The average Bonchev–Trinajstić information content (AvgIpc) is 2.38. The van der Waals surface area contributed by atoms with Crippen molar-refractivity contribution in [3.05, 3.63) is 29.6 Å². The highest BCUT2D eigenvalue weighted by molar-refractivity contribution is 5.73. The van der Waals surface area contributed by atoms with Crippen molar-refractivity contribution in [2.75, 3.05) is 20.2 Å². The molecule has 0 amide bonds. The van der Waals surface area contributed by atoms with E-state index in [0.717, 1.165) is 18.7 Å². The zero-order valence-electron chi connectivity index (χ0n) is 11.6. The molecule has 22 heavy (non-hydrogen) atoms. The summed E-state index contributed by atoms with van der Waals surface area (Å²) < 4.78 is 55.3. The standard InChI is InChI=1S/C11H14FNO2.C2HF3O2/c1-14-11-4-8(2-3-10(11)12)7-15-9-5-13-6-9;3-2(4,5)1(6)7/h2-4,9,13H,5-7H2,1H3;(H,6,7). The number of rotatable bonds is 4. The van der Waals surface area contributed by atoms with Crippen LogP contribution < -0.4 is 10.1 Å². The maximum Gasteiger partial charge on any atom is 0.490 e. The molecule has 1 aliphatic heterocycles. The van der Waals surface area contributed by atoms with Gasteiger partial charge in [0.15, 0.2) is 11.6 Å². The van der Waals surface area contributed by atoms with Crippen molar-refractivity contribution in [3.63, 3.8) is 0 Å². The Morgan fingerprint density at radius 1 is 1.41 bits per heavy atom. The van der Waals surface area contributed by atoms with Gasteiger partial charge in [-0.25, -0.2) is 9.18 Å². The predicted molar refractivity (Wildman–Crippen MR) is 68.1 cm³/mol. The van der Waals surface area contributed by atoms with Gasteiger partial charge in [-0.2, -0.15) is 13.2 Å². The molecule has 1 aromatic carbocycles. The third kappa shape index (κ3) is 5.86. The Kier molecular flexibility index (Phi) is 6.57. The summed E-state index contributed by atoms with van der Waals surface area (Å²) >= 11 is 0. The van der Waals surface area contributed by atoms with Crippen LogP contribution >= 0.6 is 0 Å². The Morgan fingerprint density at radius 2 is 2.00 bits per heavy atom. The summed E-state index contributed by atoms with van der Waals surface area (Å²) in [5.74, 6) is -2.83. The molecule has 0 saturated carbocycles. The zero-order chi connectivity index (χ0) is 16.8. The van der Waals surface area contributed by atoms with E-state index in [2.05, 4.69) is 5.32 Å². The maximum atomic E-state index is 13.1. The number of aliphatic carboxylic acids is 1. The fourth-order valence-electron chi connectivity index (χ4n) is 1.39. The van der Waals surface area contributed by atoms with E-state index >= 15 is 0 Å². The molecule has 0 unspecified atom stereocenters. The largest absolute Gasteiger partial charge is 0.494 e. The van der Waals surface area contributed by atoms with Crippen LogP contribution in [-0.2, 0) is 16.1 Å². The lowest BCUT2D eigenvalue weighted by atomic mass is 10.2. The summed E-state index contributed by atoms with van der Waals surface area (Å²) in [6.45, 7) is 2.31. The van der Waals surface area contributed by atoms with E-state index in [1.54, 1.807) is 12.1 Å². The molecular weight excluding hydrogens is 310 g/mol. The molecule has 5 nitrogen and oxygen atoms in total. The molecule has 1 aromatic rings. The number of carbonyl (C=O) groups is 1. The van der Waals surface area contributed by atoms with Gasteiger partial charge in [0, 0.05) is 13.1 Å². The number of methoxy groups -OCH3 is 1. The van der Waals surface area contributed by atoms with Gasteiger partial charge in [-0.1, -0.05) is 6.07 Å². The molecule has 0 radical (unpaired) electrons. The second-order valence-corrected chi connectivity index (χ2v) is 4.36. The Hall–Kier alpha value is -1.87. The monoisotopic (exact) mass is 325 g/mol. The number of benzene rings is 1. The Morgan fingerprint density at radius 3 is 2.41 bits per heavy atom. The van der Waals surface area contributed by atoms with E-state index in [1.807, 2.05) is 0 Å². The summed E-state index contributed by atoms with van der Waals surface area (Å²) in [5.41, 5.74) is 0.931. The van der Waals surface area contributed by atoms with E-state index in [0.29, 0.717) is 12.7 Å². The van der Waals surface area contributed by atoms with Gasteiger partial charge in [-0.15, -0.1) is 0 Å². The number of carboxylic acids is 1. The Labute approximate surface area is 123 Å². The highest BCUT2D eigenvalue weighted by Crippen LogP contribution is 2.19. The first kappa shape index (κ1) is 18.2. The van der Waals surface area contributed by atoms with Crippen molar-refractivity contribution in [3.8, 4) is 5.75 Å². The Balaban J connectivity index is 0.000000295. The number of carboxylic acid groups (broad SMARTS) is 1. The van der Waals surface area contributed by atoms with Gasteiger partial charge in [0.1, 0.15) is 0 Å². The first-order chi connectivity index (χ1) is 10.2. The minimum absolute atomic E-state index is 0.267. The summed E-state index contributed by atoms with van der Waals surface area (Å²) in [6, 6.07) is 4.78. The topological polar surface area (TPSA) is 67.8 Å². The first-order valence-electron chi connectivity index (χ1n) is 6.19. The van der Waals surface area contributed by atoms with E-state index in [4.69, 9.17) is 19.4 Å². The SMILES string of the molecule is COc1cc(COC2CNC2)ccc1F.O=C(O)C(F)(F)F. The first-order valence-corrected chi connectivity index (χ1v) is 6.19. The highest BCUT2D eigenvalue weighted by atomic mass is 19.4. The van der Waals surface area contributed by atoms with Crippen LogP contribution in [0.2, 0.25) is 0 Å². The second-order valence-electron chi connectivity index (χ2n) is 4.36. The van der Waals surface area contributed by atoms with Gasteiger partial charge >= 0.3 is 12.1 Å². The van der Waals surface area contributed by atoms with Crippen molar-refractivity contribution in [2.45, 2.75) is 18.9 Å². The summed E-state index contributed by atoms with van der Waals surface area (Å²) in [7, 11) is 1.46. The molecule has 1 saturated heterocycles. The molecule has 0 aliphatic carbocycles. The average molecular weight is 325 g/mol. The number of hydrogen-bond donors (Lipinski definition) is 2. The van der Waals surface area contributed by atoms with Gasteiger partial charge in [0.25, 0.3) is 0 Å². The van der Waals surface area contributed by atoms with Crippen LogP contribution in [0.5, 0.6) is 5.75 Å². The molecule has 1 heterocycles. The third-order valence-electron chi connectivity index (χ3n) is 2.69. The molecular formula is C13H15F4NO4. The van der Waals surface area contributed by atoms with Crippen LogP contribution in [0.25, 0.3) is 0 Å². The minimum atomic E-state index is -5.08. The molecule has 2 rings (SSSR count).